The Kier molecular flexibility index (Phi) is 5.41. The van der Waals surface area contributed by atoms with Crippen molar-refractivity contribution in [3.63, 3.8) is 0 Å². The summed E-state index contributed by atoms with van der Waals surface area (Å²) < 4.78 is 6.79. The largest absolute Gasteiger partial charge is 0.374 e. The Balaban J connectivity index is 1.33. The molecule has 1 heterocycles. The zero-order chi connectivity index (χ0) is 21.3. The van der Waals surface area contributed by atoms with E-state index in [2.05, 4.69) is 27.7 Å². The van der Waals surface area contributed by atoms with Crippen LogP contribution in [0.1, 0.15) is 91.9 Å². The van der Waals surface area contributed by atoms with E-state index in [1.165, 1.54) is 44.9 Å². The normalized spacial score (nSPS) is 53.6. The van der Waals surface area contributed by atoms with Crippen molar-refractivity contribution < 1.29 is 9.53 Å². The average molecular weight is 416 g/mol. The van der Waals surface area contributed by atoms with Gasteiger partial charge < -0.3 is 10.5 Å². The van der Waals surface area contributed by atoms with Crippen LogP contribution in [0.5, 0.6) is 0 Å². The van der Waals surface area contributed by atoms with Gasteiger partial charge in [0.2, 0.25) is 0 Å². The predicted octanol–water partition coefficient (Wildman–Crippen LogP) is 5.60. The Hall–Kier alpha value is -0.410. The van der Waals surface area contributed by atoms with E-state index >= 15 is 0 Å². The van der Waals surface area contributed by atoms with Crippen LogP contribution in [0.2, 0.25) is 0 Å². The first-order chi connectivity index (χ1) is 14.3. The van der Waals surface area contributed by atoms with E-state index in [9.17, 15) is 4.79 Å². The minimum absolute atomic E-state index is 0.420. The maximum absolute atomic E-state index is 12.1. The highest BCUT2D eigenvalue weighted by molar-refractivity contribution is 5.79. The van der Waals surface area contributed by atoms with Crippen molar-refractivity contribution in [3.8, 4) is 0 Å². The molecule has 3 nitrogen and oxygen atoms in total. The quantitative estimate of drug-likeness (QED) is 0.650. The monoisotopic (exact) mass is 415 g/mol. The van der Waals surface area contributed by atoms with E-state index < -0.39 is 0 Å². The van der Waals surface area contributed by atoms with Gasteiger partial charge in [-0.3, -0.25) is 4.79 Å². The molecule has 170 valence electrons. The van der Waals surface area contributed by atoms with Crippen LogP contribution in [0, 0.1) is 52.3 Å². The molecule has 0 bridgehead atoms. The highest BCUT2D eigenvalue weighted by Gasteiger charge is 2.65. The summed E-state index contributed by atoms with van der Waals surface area (Å²) in [7, 11) is 0. The minimum atomic E-state index is 0.420. The van der Waals surface area contributed by atoms with Crippen molar-refractivity contribution in [2.45, 2.75) is 104 Å². The van der Waals surface area contributed by atoms with E-state index in [-0.39, 0.29) is 0 Å². The van der Waals surface area contributed by atoms with Crippen LogP contribution in [0.3, 0.4) is 0 Å². The molecule has 2 N–H and O–H groups in total. The summed E-state index contributed by atoms with van der Waals surface area (Å²) in [5.74, 6) is 5.80. The van der Waals surface area contributed by atoms with Crippen LogP contribution in [0.15, 0.2) is 0 Å². The summed E-state index contributed by atoms with van der Waals surface area (Å²) in [5.41, 5.74) is 6.74. The number of hydrogen-bond acceptors (Lipinski definition) is 3. The number of hydrogen-bond donors (Lipinski definition) is 1. The standard InChI is InChI=1S/C27H45NO2/c1-16(15-28)5-8-23-17(2)25-24(30-23)14-22-20-7-6-18-13-19(29)9-11-26(18,3)21(20)10-12-27(22,25)4/h16-18,20-25H,5-15,28H2,1-4H3/t16?,17-,18?,20-,21+,22+,23-,24+,25+,26+,27+/m1/s1. The second kappa shape index (κ2) is 7.58. The van der Waals surface area contributed by atoms with Crippen molar-refractivity contribution >= 4 is 5.78 Å². The zero-order valence-corrected chi connectivity index (χ0v) is 19.9. The maximum Gasteiger partial charge on any atom is 0.133 e. The van der Waals surface area contributed by atoms with Crippen molar-refractivity contribution in [3.05, 3.63) is 0 Å². The number of carbonyl (C=O) groups excluding carboxylic acids is 1. The molecule has 0 amide bonds. The smallest absolute Gasteiger partial charge is 0.133 e. The SMILES string of the molecule is CC(CN)CC[C@H]1O[C@H]2C[C@H]3[C@@H]4CCC5CC(=O)CC[C@]5(C)[C@H]4CC[C@]3(C)[C@H]2[C@@H]1C. The van der Waals surface area contributed by atoms with Crippen LogP contribution in [-0.4, -0.2) is 24.5 Å². The van der Waals surface area contributed by atoms with Crippen LogP contribution >= 0.6 is 0 Å². The molecule has 0 aromatic carbocycles. The summed E-state index contributed by atoms with van der Waals surface area (Å²) in [5, 5.41) is 0. The van der Waals surface area contributed by atoms with Gasteiger partial charge in [0.15, 0.2) is 0 Å². The van der Waals surface area contributed by atoms with Crippen LogP contribution in [0.4, 0.5) is 0 Å². The van der Waals surface area contributed by atoms with Crippen molar-refractivity contribution in [2.24, 2.45) is 58.0 Å². The van der Waals surface area contributed by atoms with E-state index in [1.807, 2.05) is 0 Å². The molecule has 3 heteroatoms. The van der Waals surface area contributed by atoms with Crippen molar-refractivity contribution in [1.82, 2.24) is 0 Å². The maximum atomic E-state index is 12.1. The highest BCUT2D eigenvalue weighted by Crippen LogP contribution is 2.69. The van der Waals surface area contributed by atoms with Crippen LogP contribution in [0.25, 0.3) is 0 Å². The molecule has 0 aromatic heterocycles. The van der Waals surface area contributed by atoms with Crippen molar-refractivity contribution in [2.75, 3.05) is 6.54 Å². The number of ketones is 1. The lowest BCUT2D eigenvalue weighted by Gasteiger charge is -2.60. The van der Waals surface area contributed by atoms with E-state index in [1.54, 1.807) is 0 Å². The first-order valence-electron chi connectivity index (χ1n) is 13.1. The van der Waals surface area contributed by atoms with Gasteiger partial charge in [-0.2, -0.15) is 0 Å². The molecule has 0 aromatic rings. The Labute approximate surface area is 184 Å². The van der Waals surface area contributed by atoms with E-state index in [0.717, 1.165) is 49.5 Å². The molecule has 4 aliphatic carbocycles. The van der Waals surface area contributed by atoms with Crippen LogP contribution < -0.4 is 5.73 Å². The zero-order valence-electron chi connectivity index (χ0n) is 19.9. The van der Waals surface area contributed by atoms with Gasteiger partial charge >= 0.3 is 0 Å². The average Bonchev–Trinajstić information content (AvgIpc) is 3.20. The molecular weight excluding hydrogens is 370 g/mol. The molecule has 5 aliphatic rings. The topological polar surface area (TPSA) is 52.3 Å². The third-order valence-electron chi connectivity index (χ3n) is 11.4. The summed E-state index contributed by atoms with van der Waals surface area (Å²) in [4.78, 5) is 12.1. The van der Waals surface area contributed by atoms with Gasteiger partial charge in [-0.1, -0.05) is 27.7 Å². The van der Waals surface area contributed by atoms with Gasteiger partial charge in [-0.15, -0.1) is 0 Å². The first kappa shape index (κ1) is 21.4. The fraction of sp³-hybridized carbons (Fsp3) is 0.963. The Morgan fingerprint density at radius 3 is 2.70 bits per heavy atom. The molecule has 5 fully saturated rings. The Morgan fingerprint density at radius 1 is 1.13 bits per heavy atom. The number of carbonyl (C=O) groups is 1. The van der Waals surface area contributed by atoms with E-state index in [0.29, 0.717) is 46.6 Å². The number of nitrogens with two attached hydrogens (primary N) is 1. The van der Waals surface area contributed by atoms with Gasteiger partial charge in [0.25, 0.3) is 0 Å². The Morgan fingerprint density at radius 2 is 1.93 bits per heavy atom. The second-order valence-electron chi connectivity index (χ2n) is 12.7. The molecule has 11 atom stereocenters. The number of rotatable bonds is 4. The van der Waals surface area contributed by atoms with Gasteiger partial charge in [0.1, 0.15) is 5.78 Å². The lowest BCUT2D eigenvalue weighted by atomic mass is 9.44. The molecular formula is C27H45NO2. The third kappa shape index (κ3) is 3.08. The van der Waals surface area contributed by atoms with Gasteiger partial charge in [-0.05, 0) is 110 Å². The molecule has 2 unspecified atom stereocenters. The summed E-state index contributed by atoms with van der Waals surface area (Å²) in [6.45, 7) is 10.8. The summed E-state index contributed by atoms with van der Waals surface area (Å²) >= 11 is 0. The number of fused-ring (bicyclic) bond motifs is 7. The molecule has 1 saturated heterocycles. The molecule has 1 aliphatic heterocycles. The molecule has 4 saturated carbocycles. The summed E-state index contributed by atoms with van der Waals surface area (Å²) in [6.07, 6.45) is 12.9. The third-order valence-corrected chi connectivity index (χ3v) is 11.4. The van der Waals surface area contributed by atoms with E-state index in [4.69, 9.17) is 10.5 Å². The number of ether oxygens (including phenoxy) is 1. The minimum Gasteiger partial charge on any atom is -0.374 e. The lowest BCUT2D eigenvalue weighted by Crippen LogP contribution is -2.54. The Bertz CT molecular complexity index is 678. The fourth-order valence-electron chi connectivity index (χ4n) is 9.63. The fourth-order valence-corrected chi connectivity index (χ4v) is 9.63. The summed E-state index contributed by atoms with van der Waals surface area (Å²) in [6, 6.07) is 0. The second-order valence-corrected chi connectivity index (χ2v) is 12.7. The molecule has 30 heavy (non-hydrogen) atoms. The van der Waals surface area contributed by atoms with Gasteiger partial charge in [-0.25, -0.2) is 0 Å². The molecule has 0 spiro atoms. The van der Waals surface area contributed by atoms with Crippen LogP contribution in [-0.2, 0) is 9.53 Å². The molecule has 0 radical (unpaired) electrons. The lowest BCUT2D eigenvalue weighted by molar-refractivity contribution is -0.140. The van der Waals surface area contributed by atoms with Gasteiger partial charge in [0, 0.05) is 12.8 Å². The first-order valence-corrected chi connectivity index (χ1v) is 13.1. The molecule has 5 rings (SSSR count). The highest BCUT2D eigenvalue weighted by atomic mass is 16.5. The number of Topliss-reactive ketones (excluding diaryl/α,β-unsaturated/α-hetero) is 1. The predicted molar refractivity (Wildman–Crippen MR) is 121 cm³/mol. The van der Waals surface area contributed by atoms with Gasteiger partial charge in [0.05, 0.1) is 12.2 Å². The van der Waals surface area contributed by atoms with Crippen molar-refractivity contribution in [1.29, 1.82) is 0 Å².